The van der Waals surface area contributed by atoms with Crippen LogP contribution in [0.1, 0.15) is 25.7 Å². The molecule has 0 atom stereocenters. The molecule has 0 aliphatic heterocycles. The summed E-state index contributed by atoms with van der Waals surface area (Å²) < 4.78 is 5.80. The van der Waals surface area contributed by atoms with Crippen molar-refractivity contribution in [2.45, 2.75) is 37.8 Å². The zero-order chi connectivity index (χ0) is 11.4. The number of aromatic nitrogens is 2. The van der Waals surface area contributed by atoms with E-state index in [9.17, 15) is 0 Å². The van der Waals surface area contributed by atoms with Crippen molar-refractivity contribution in [2.24, 2.45) is 5.73 Å². The minimum absolute atomic E-state index is 0. The van der Waals surface area contributed by atoms with Gasteiger partial charge in [0.05, 0.1) is 0 Å². The Morgan fingerprint density at radius 2 is 1.89 bits per heavy atom. The van der Waals surface area contributed by atoms with Crippen molar-refractivity contribution in [3.8, 4) is 5.88 Å². The predicted octanol–water partition coefficient (Wildman–Crippen LogP) is 2.01. The summed E-state index contributed by atoms with van der Waals surface area (Å²) in [6.45, 7) is 0. The second-order valence-electron chi connectivity index (χ2n) is 4.15. The summed E-state index contributed by atoms with van der Waals surface area (Å²) in [5, 5.41) is 2.96. The Hall–Kier alpha value is -0.780. The number of nitrogens with one attached hydrogen (secondary N) is 1. The van der Waals surface area contributed by atoms with Crippen LogP contribution in [0.2, 0.25) is 0 Å². The first-order valence-corrected chi connectivity index (χ1v) is 5.70. The third-order valence-corrected chi connectivity index (χ3v) is 2.90. The quantitative estimate of drug-likeness (QED) is 0.892. The zero-order valence-corrected chi connectivity index (χ0v) is 12.0. The fourth-order valence-corrected chi connectivity index (χ4v) is 1.92. The average Bonchev–Trinajstić information content (AvgIpc) is 2.32. The molecule has 1 aromatic heterocycles. The van der Waals surface area contributed by atoms with Crippen LogP contribution in [0.4, 0.5) is 5.82 Å². The van der Waals surface area contributed by atoms with E-state index >= 15 is 0 Å². The van der Waals surface area contributed by atoms with Gasteiger partial charge in [0.15, 0.2) is 0 Å². The summed E-state index contributed by atoms with van der Waals surface area (Å²) in [5.74, 6) is 1.41. The number of ether oxygens (including phenoxy) is 1. The van der Waals surface area contributed by atoms with Gasteiger partial charge in [0.2, 0.25) is 5.88 Å². The van der Waals surface area contributed by atoms with E-state index in [1.165, 1.54) is 6.33 Å². The number of nitrogens with zero attached hydrogens (tertiary/aromatic N) is 2. The molecule has 0 saturated heterocycles. The van der Waals surface area contributed by atoms with Crippen molar-refractivity contribution in [1.82, 2.24) is 9.97 Å². The van der Waals surface area contributed by atoms with Crippen LogP contribution in [-0.4, -0.2) is 29.2 Å². The molecule has 0 spiro atoms. The van der Waals surface area contributed by atoms with Crippen molar-refractivity contribution < 1.29 is 4.74 Å². The highest BCUT2D eigenvalue weighted by atomic mass is 35.5. The van der Waals surface area contributed by atoms with Crippen LogP contribution in [0.5, 0.6) is 5.88 Å². The van der Waals surface area contributed by atoms with Gasteiger partial charge in [-0.15, -0.1) is 24.8 Å². The molecule has 0 bridgehead atoms. The molecule has 1 heterocycles. The molecule has 18 heavy (non-hydrogen) atoms. The topological polar surface area (TPSA) is 73.1 Å². The lowest BCUT2D eigenvalue weighted by atomic mass is 9.94. The Labute approximate surface area is 120 Å². The second kappa shape index (κ2) is 8.34. The largest absolute Gasteiger partial charge is 0.474 e. The van der Waals surface area contributed by atoms with Crippen LogP contribution in [0.25, 0.3) is 0 Å². The van der Waals surface area contributed by atoms with Crippen molar-refractivity contribution >= 4 is 30.6 Å². The van der Waals surface area contributed by atoms with Crippen LogP contribution in [0.3, 0.4) is 0 Å². The van der Waals surface area contributed by atoms with E-state index < -0.39 is 0 Å². The first kappa shape index (κ1) is 17.2. The molecular formula is C11H20Cl2N4O. The van der Waals surface area contributed by atoms with Crippen LogP contribution < -0.4 is 15.8 Å². The highest BCUT2D eigenvalue weighted by molar-refractivity contribution is 5.85. The molecular weight excluding hydrogens is 275 g/mol. The minimum atomic E-state index is 0. The first-order chi connectivity index (χ1) is 7.78. The summed E-state index contributed by atoms with van der Waals surface area (Å²) in [6.07, 6.45) is 5.86. The molecule has 1 saturated carbocycles. The number of rotatable bonds is 3. The van der Waals surface area contributed by atoms with Gasteiger partial charge in [-0.2, -0.15) is 0 Å². The Balaban J connectivity index is 0.00000144. The highest BCUT2D eigenvalue weighted by Gasteiger charge is 2.20. The smallest absolute Gasteiger partial charge is 0.218 e. The average molecular weight is 295 g/mol. The van der Waals surface area contributed by atoms with Gasteiger partial charge in [0.25, 0.3) is 0 Å². The highest BCUT2D eigenvalue weighted by Crippen LogP contribution is 2.22. The van der Waals surface area contributed by atoms with E-state index in [2.05, 4.69) is 15.3 Å². The Bertz CT molecular complexity index is 346. The summed E-state index contributed by atoms with van der Waals surface area (Å²) in [7, 11) is 1.83. The van der Waals surface area contributed by atoms with Crippen molar-refractivity contribution in [3.05, 3.63) is 12.4 Å². The van der Waals surface area contributed by atoms with Crippen LogP contribution in [0.15, 0.2) is 12.4 Å². The van der Waals surface area contributed by atoms with Gasteiger partial charge in [0.1, 0.15) is 18.2 Å². The van der Waals surface area contributed by atoms with Gasteiger partial charge < -0.3 is 15.8 Å². The molecule has 2 rings (SSSR count). The Kier molecular flexibility index (Phi) is 7.98. The fourth-order valence-electron chi connectivity index (χ4n) is 1.92. The molecule has 7 heteroatoms. The Morgan fingerprint density at radius 3 is 2.50 bits per heavy atom. The molecule has 0 unspecified atom stereocenters. The maximum Gasteiger partial charge on any atom is 0.218 e. The van der Waals surface area contributed by atoms with Crippen LogP contribution >= 0.6 is 24.8 Å². The van der Waals surface area contributed by atoms with E-state index in [0.29, 0.717) is 11.9 Å². The van der Waals surface area contributed by atoms with E-state index in [4.69, 9.17) is 10.5 Å². The molecule has 1 aromatic rings. The van der Waals surface area contributed by atoms with Gasteiger partial charge >= 0.3 is 0 Å². The predicted molar refractivity (Wildman–Crippen MR) is 76.9 cm³/mol. The van der Waals surface area contributed by atoms with Crippen molar-refractivity contribution in [3.63, 3.8) is 0 Å². The summed E-state index contributed by atoms with van der Waals surface area (Å²) in [5.41, 5.74) is 5.84. The molecule has 5 nitrogen and oxygen atoms in total. The van der Waals surface area contributed by atoms with Gasteiger partial charge in [-0.1, -0.05) is 0 Å². The number of nitrogens with two attached hydrogens (primary N) is 1. The van der Waals surface area contributed by atoms with E-state index in [1.54, 1.807) is 0 Å². The second-order valence-corrected chi connectivity index (χ2v) is 4.15. The van der Waals surface area contributed by atoms with Crippen molar-refractivity contribution in [1.29, 1.82) is 0 Å². The number of hydrogen-bond acceptors (Lipinski definition) is 5. The maximum absolute atomic E-state index is 5.84. The summed E-state index contributed by atoms with van der Waals surface area (Å²) in [4.78, 5) is 8.14. The van der Waals surface area contributed by atoms with Gasteiger partial charge in [0, 0.05) is 19.2 Å². The third-order valence-electron chi connectivity index (χ3n) is 2.90. The molecule has 104 valence electrons. The first-order valence-electron chi connectivity index (χ1n) is 5.70. The molecule has 3 N–H and O–H groups in total. The molecule has 1 aliphatic rings. The van der Waals surface area contributed by atoms with Gasteiger partial charge in [-0.3, -0.25) is 0 Å². The molecule has 0 radical (unpaired) electrons. The van der Waals surface area contributed by atoms with E-state index in [-0.39, 0.29) is 30.9 Å². The Morgan fingerprint density at radius 1 is 1.22 bits per heavy atom. The number of halogens is 2. The monoisotopic (exact) mass is 294 g/mol. The lowest BCUT2D eigenvalue weighted by Crippen LogP contribution is -2.31. The number of anilines is 1. The zero-order valence-electron chi connectivity index (χ0n) is 10.3. The molecule has 1 fully saturated rings. The summed E-state index contributed by atoms with van der Waals surface area (Å²) in [6, 6.07) is 2.16. The third kappa shape index (κ3) is 4.84. The minimum Gasteiger partial charge on any atom is -0.474 e. The maximum atomic E-state index is 5.84. The molecule has 1 aliphatic carbocycles. The number of hydrogen-bond donors (Lipinski definition) is 2. The van der Waals surface area contributed by atoms with Crippen LogP contribution in [0, 0.1) is 0 Å². The standard InChI is InChI=1S/C11H18N4O.2ClH/c1-13-10-6-11(15-7-14-10)16-9-4-2-8(12)3-5-9;;/h6-9H,2-5,12H2,1H3,(H,13,14,15);2*1H/t8-,9-;;. The summed E-state index contributed by atoms with van der Waals surface area (Å²) >= 11 is 0. The van der Waals surface area contributed by atoms with Gasteiger partial charge in [-0.25, -0.2) is 9.97 Å². The van der Waals surface area contributed by atoms with E-state index in [0.717, 1.165) is 31.5 Å². The normalized spacial score (nSPS) is 22.3. The van der Waals surface area contributed by atoms with Crippen LogP contribution in [-0.2, 0) is 0 Å². The molecule has 0 aromatic carbocycles. The van der Waals surface area contributed by atoms with E-state index in [1.807, 2.05) is 13.1 Å². The SMILES string of the molecule is CNc1cc(O[C@H]2CC[C@H](N)CC2)ncn1.Cl.Cl. The molecule has 0 amide bonds. The van der Waals surface area contributed by atoms with Crippen molar-refractivity contribution in [2.75, 3.05) is 12.4 Å². The lowest BCUT2D eigenvalue weighted by Gasteiger charge is -2.26. The fraction of sp³-hybridized carbons (Fsp3) is 0.636. The van der Waals surface area contributed by atoms with Gasteiger partial charge in [-0.05, 0) is 25.7 Å². The lowest BCUT2D eigenvalue weighted by molar-refractivity contribution is 0.141.